The average molecular weight is 677 g/mol. The maximum atomic E-state index is 17.7. The van der Waals surface area contributed by atoms with E-state index in [0.717, 1.165) is 17.8 Å². The molecule has 47 heavy (non-hydrogen) atoms. The van der Waals surface area contributed by atoms with Gasteiger partial charge in [0.25, 0.3) is 0 Å². The van der Waals surface area contributed by atoms with Crippen molar-refractivity contribution in [3.05, 3.63) is 60.1 Å². The number of halogens is 2. The van der Waals surface area contributed by atoms with E-state index in [0.29, 0.717) is 0 Å². The molecule has 1 heterocycles. The minimum atomic E-state index is -2.37. The summed E-state index contributed by atoms with van der Waals surface area (Å²) >= 11 is 0.818. The third-order valence-corrected chi connectivity index (χ3v) is 11.6. The monoisotopic (exact) mass is 676 g/mol. The Bertz CT molecular complexity index is 1540. The lowest BCUT2D eigenvalue weighted by molar-refractivity contribution is -0.221. The molecule has 1 aromatic heterocycles. The molecule has 0 radical (unpaired) electrons. The Morgan fingerprint density at radius 2 is 1.85 bits per heavy atom. The van der Waals surface area contributed by atoms with Crippen LogP contribution in [0.25, 0.3) is 0 Å². The fourth-order valence-corrected chi connectivity index (χ4v) is 9.62. The Kier molecular flexibility index (Phi) is 9.46. The average Bonchev–Trinajstić information content (AvgIpc) is 3.64. The number of esters is 3. The molecule has 0 saturated heterocycles. The number of hydrogen-bond donors (Lipinski definition) is 1. The van der Waals surface area contributed by atoms with Crippen LogP contribution in [0.5, 0.6) is 0 Å². The predicted molar refractivity (Wildman–Crippen MR) is 164 cm³/mol. The fourth-order valence-electron chi connectivity index (χ4n) is 8.55. The van der Waals surface area contributed by atoms with Gasteiger partial charge in [0.1, 0.15) is 12.8 Å². The summed E-state index contributed by atoms with van der Waals surface area (Å²) in [5, 5.41) is 11.2. The van der Waals surface area contributed by atoms with Gasteiger partial charge in [-0.3, -0.25) is 9.59 Å². The van der Waals surface area contributed by atoms with Gasteiger partial charge in [-0.05, 0) is 68.9 Å². The van der Waals surface area contributed by atoms with E-state index < -0.39 is 80.9 Å². The Morgan fingerprint density at radius 3 is 2.53 bits per heavy atom. The van der Waals surface area contributed by atoms with Crippen molar-refractivity contribution in [2.24, 2.45) is 28.6 Å². The van der Waals surface area contributed by atoms with Crippen molar-refractivity contribution in [2.45, 2.75) is 70.5 Å². The highest BCUT2D eigenvalue weighted by Crippen LogP contribution is 2.72. The van der Waals surface area contributed by atoms with Gasteiger partial charge in [-0.1, -0.05) is 43.8 Å². The standard InChI is InChI=1S/C34H38F2O10S/c1-5-43-28(40)29(41)45-12-6-7-14-47-30(42)34(46-27(39)25-9-8-13-44-25)19(2)15-21-22-17-24(35)23-16-20(37)10-11-31(23,3)33(22,36)26(38)18-32(21,34)4/h6-11,13,16,19,21-22,24,26,38H,5,12,14-15,17-18H2,1-4H3/b7-6-/t19-,21+,22+,24+,26+,31+,32+,33+,34+/m1/s1. The lowest BCUT2D eigenvalue weighted by atomic mass is 9.44. The Balaban J connectivity index is 1.45. The summed E-state index contributed by atoms with van der Waals surface area (Å²) in [5.41, 5.74) is -7.20. The molecular formula is C34H38F2O10S. The van der Waals surface area contributed by atoms with Crippen molar-refractivity contribution >= 4 is 40.6 Å². The molecule has 0 spiro atoms. The molecule has 0 bridgehead atoms. The van der Waals surface area contributed by atoms with Crippen LogP contribution in [-0.2, 0) is 33.4 Å². The first-order valence-electron chi connectivity index (χ1n) is 15.6. The number of carbonyl (C=O) groups excluding carboxylic acids is 5. The number of aliphatic hydroxyl groups excluding tert-OH is 1. The normalized spacial score (nSPS) is 37.4. The van der Waals surface area contributed by atoms with E-state index in [1.807, 2.05) is 0 Å². The molecule has 5 rings (SSSR count). The smallest absolute Gasteiger partial charge is 0.417 e. The number of ketones is 1. The fraction of sp³-hybridized carbons (Fsp3) is 0.559. The van der Waals surface area contributed by atoms with Crippen LogP contribution in [-0.4, -0.2) is 76.4 Å². The number of carbonyl (C=O) groups is 5. The maximum absolute atomic E-state index is 17.7. The molecule has 4 aliphatic carbocycles. The number of aliphatic hydroxyl groups is 1. The first kappa shape index (κ1) is 34.7. The number of rotatable bonds is 8. The van der Waals surface area contributed by atoms with Gasteiger partial charge in [0.05, 0.1) is 19.0 Å². The molecule has 254 valence electrons. The number of thioether (sulfide) groups is 1. The topological polar surface area (TPSA) is 146 Å². The molecule has 13 heteroatoms. The number of fused-ring (bicyclic) bond motifs is 5. The summed E-state index contributed by atoms with van der Waals surface area (Å²) < 4.78 is 54.3. The highest BCUT2D eigenvalue weighted by atomic mass is 32.2. The van der Waals surface area contributed by atoms with Crippen LogP contribution >= 0.6 is 11.8 Å². The second kappa shape index (κ2) is 12.8. The highest BCUT2D eigenvalue weighted by molar-refractivity contribution is 8.14. The van der Waals surface area contributed by atoms with Crippen molar-refractivity contribution in [1.82, 2.24) is 0 Å². The third-order valence-electron chi connectivity index (χ3n) is 10.7. The predicted octanol–water partition coefficient (Wildman–Crippen LogP) is 4.66. The van der Waals surface area contributed by atoms with Crippen LogP contribution < -0.4 is 0 Å². The van der Waals surface area contributed by atoms with Crippen molar-refractivity contribution in [3.63, 3.8) is 0 Å². The van der Waals surface area contributed by atoms with Crippen LogP contribution in [0, 0.1) is 28.6 Å². The molecule has 0 aromatic carbocycles. The Morgan fingerprint density at radius 1 is 1.13 bits per heavy atom. The zero-order chi connectivity index (χ0) is 34.4. The molecule has 1 aromatic rings. The van der Waals surface area contributed by atoms with Crippen molar-refractivity contribution < 1.29 is 56.5 Å². The van der Waals surface area contributed by atoms with Gasteiger partial charge >= 0.3 is 17.9 Å². The first-order valence-corrected chi connectivity index (χ1v) is 16.5. The number of ether oxygens (including phenoxy) is 3. The van der Waals surface area contributed by atoms with E-state index in [-0.39, 0.29) is 49.6 Å². The molecule has 0 aliphatic heterocycles. The minimum Gasteiger partial charge on any atom is -0.458 e. The van der Waals surface area contributed by atoms with E-state index in [4.69, 9.17) is 13.9 Å². The van der Waals surface area contributed by atoms with Gasteiger partial charge < -0.3 is 23.7 Å². The quantitative estimate of drug-likeness (QED) is 0.178. The van der Waals surface area contributed by atoms with Gasteiger partial charge in [0, 0.05) is 28.4 Å². The summed E-state index contributed by atoms with van der Waals surface area (Å²) in [7, 11) is 0. The lowest BCUT2D eigenvalue weighted by Gasteiger charge is -2.63. The van der Waals surface area contributed by atoms with Crippen LogP contribution in [0.1, 0.15) is 57.5 Å². The zero-order valence-electron chi connectivity index (χ0n) is 26.5. The maximum Gasteiger partial charge on any atom is 0.417 e. The molecule has 0 unspecified atom stereocenters. The van der Waals surface area contributed by atoms with E-state index in [9.17, 15) is 29.1 Å². The van der Waals surface area contributed by atoms with Crippen LogP contribution in [0.2, 0.25) is 0 Å². The number of alkyl halides is 2. The SMILES string of the molecule is CCOC(=O)C(=O)OC/C=C\CSC(=O)[C@@]1(OC(=O)c2ccco2)[C@H](C)C[C@H]2[C@@H]3C[C@H](F)C4=CC(=O)C=C[C@]4(C)[C@@]3(F)[C@@H](O)C[C@@]21C. The van der Waals surface area contributed by atoms with Crippen LogP contribution in [0.4, 0.5) is 8.78 Å². The Hall–Kier alpha value is -3.58. The van der Waals surface area contributed by atoms with E-state index in [1.165, 1.54) is 49.6 Å². The number of allylic oxidation sites excluding steroid dienone is 4. The van der Waals surface area contributed by atoms with Crippen molar-refractivity contribution in [1.29, 1.82) is 0 Å². The van der Waals surface area contributed by atoms with Gasteiger partial charge in [0.15, 0.2) is 17.1 Å². The summed E-state index contributed by atoms with van der Waals surface area (Å²) in [4.78, 5) is 63.0. The van der Waals surface area contributed by atoms with Crippen molar-refractivity contribution in [3.8, 4) is 0 Å². The number of furan rings is 1. The largest absolute Gasteiger partial charge is 0.458 e. The molecule has 3 fully saturated rings. The third kappa shape index (κ3) is 5.39. The van der Waals surface area contributed by atoms with E-state index in [1.54, 1.807) is 20.8 Å². The molecule has 0 amide bonds. The van der Waals surface area contributed by atoms with E-state index >= 15 is 8.78 Å². The first-order chi connectivity index (χ1) is 22.2. The summed E-state index contributed by atoms with van der Waals surface area (Å²) in [5.74, 6) is -6.19. The van der Waals surface area contributed by atoms with Gasteiger partial charge in [-0.25, -0.2) is 23.2 Å². The zero-order valence-corrected chi connectivity index (χ0v) is 27.4. The van der Waals surface area contributed by atoms with Crippen LogP contribution in [0.15, 0.2) is 58.8 Å². The summed E-state index contributed by atoms with van der Waals surface area (Å²) in [6.07, 6.45) is 4.12. The Labute approximate surface area is 274 Å². The molecule has 10 nitrogen and oxygen atoms in total. The molecule has 3 saturated carbocycles. The van der Waals surface area contributed by atoms with Gasteiger partial charge in [-0.15, -0.1) is 0 Å². The lowest BCUT2D eigenvalue weighted by Crippen LogP contribution is -2.70. The summed E-state index contributed by atoms with van der Waals surface area (Å²) in [6.45, 7) is 6.20. The van der Waals surface area contributed by atoms with Gasteiger partial charge in [0.2, 0.25) is 10.9 Å². The highest BCUT2D eigenvalue weighted by Gasteiger charge is 2.78. The number of hydrogen-bond acceptors (Lipinski definition) is 11. The molecule has 9 atom stereocenters. The van der Waals surface area contributed by atoms with Crippen molar-refractivity contribution in [2.75, 3.05) is 19.0 Å². The molecular weight excluding hydrogens is 638 g/mol. The van der Waals surface area contributed by atoms with Gasteiger partial charge in [-0.2, -0.15) is 0 Å². The molecule has 4 aliphatic rings. The molecule has 1 N–H and O–H groups in total. The van der Waals surface area contributed by atoms with E-state index in [2.05, 4.69) is 4.74 Å². The second-order valence-corrected chi connectivity index (χ2v) is 14.0. The summed E-state index contributed by atoms with van der Waals surface area (Å²) in [6, 6.07) is 2.87. The second-order valence-electron chi connectivity index (χ2n) is 13.0. The minimum absolute atomic E-state index is 0.0145. The van der Waals surface area contributed by atoms with Crippen LogP contribution in [0.3, 0.4) is 0 Å².